The Hall–Kier alpha value is -2.22. The van der Waals surface area contributed by atoms with Gasteiger partial charge in [-0.3, -0.25) is 15.6 Å². The molecular weight excluding hydrogens is 385 g/mol. The second-order valence-electron chi connectivity index (χ2n) is 4.73. The molecule has 0 heterocycles. The van der Waals surface area contributed by atoms with Crippen LogP contribution in [0.2, 0.25) is 10.0 Å². The van der Waals surface area contributed by atoms with Gasteiger partial charge in [0.25, 0.3) is 5.91 Å². The van der Waals surface area contributed by atoms with Gasteiger partial charge in [-0.25, -0.2) is 0 Å². The van der Waals surface area contributed by atoms with Crippen molar-refractivity contribution in [3.63, 3.8) is 0 Å². The van der Waals surface area contributed by atoms with Gasteiger partial charge in [-0.15, -0.1) is 0 Å². The summed E-state index contributed by atoms with van der Waals surface area (Å²) in [5, 5.41) is 3.74. The number of thiocarbonyl (C=S) groups is 1. The van der Waals surface area contributed by atoms with E-state index in [4.69, 9.17) is 44.9 Å². The molecule has 0 aliphatic carbocycles. The zero-order chi connectivity index (χ0) is 18.4. The lowest BCUT2D eigenvalue weighted by atomic mass is 10.2. The summed E-state index contributed by atoms with van der Waals surface area (Å²) in [5.41, 5.74) is 5.99. The molecule has 0 aromatic heterocycles. The highest BCUT2D eigenvalue weighted by Gasteiger charge is 2.10. The van der Waals surface area contributed by atoms with Crippen LogP contribution in [0.3, 0.4) is 0 Å². The van der Waals surface area contributed by atoms with Crippen LogP contribution in [-0.4, -0.2) is 25.2 Å². The maximum Gasteiger partial charge on any atom is 0.269 e. The maximum atomic E-state index is 12.1. The average molecular weight is 400 g/mol. The molecular formula is C16H15Cl2N3O3S. The molecule has 0 aliphatic rings. The minimum absolute atomic E-state index is 0.167. The number of hydrazine groups is 1. The Morgan fingerprint density at radius 3 is 2.40 bits per heavy atom. The molecule has 0 saturated heterocycles. The molecule has 0 fully saturated rings. The Morgan fingerprint density at radius 1 is 1.00 bits per heavy atom. The molecule has 0 bridgehead atoms. The third kappa shape index (κ3) is 5.12. The summed E-state index contributed by atoms with van der Waals surface area (Å²) in [4.78, 5) is 12.1. The van der Waals surface area contributed by atoms with Crippen LogP contribution in [0.5, 0.6) is 11.5 Å². The first-order chi connectivity index (χ1) is 11.9. The summed E-state index contributed by atoms with van der Waals surface area (Å²) < 4.78 is 10.4. The van der Waals surface area contributed by atoms with Crippen molar-refractivity contribution in [2.45, 2.75) is 0 Å². The van der Waals surface area contributed by atoms with Gasteiger partial charge < -0.3 is 14.8 Å². The highest BCUT2D eigenvalue weighted by Crippen LogP contribution is 2.28. The predicted octanol–water partition coefficient (Wildman–Crippen LogP) is 3.64. The molecule has 132 valence electrons. The molecule has 0 saturated carbocycles. The Balaban J connectivity index is 1.98. The first kappa shape index (κ1) is 19.1. The summed E-state index contributed by atoms with van der Waals surface area (Å²) in [6.07, 6.45) is 0. The fourth-order valence-corrected chi connectivity index (χ4v) is 2.35. The fraction of sp³-hybridized carbons (Fsp3) is 0.125. The first-order valence-corrected chi connectivity index (χ1v) is 8.15. The van der Waals surface area contributed by atoms with E-state index in [1.807, 2.05) is 0 Å². The monoisotopic (exact) mass is 399 g/mol. The summed E-state index contributed by atoms with van der Waals surface area (Å²) in [5.74, 6) is 0.784. The molecule has 6 nitrogen and oxygen atoms in total. The van der Waals surface area contributed by atoms with Crippen LogP contribution < -0.4 is 25.6 Å². The lowest BCUT2D eigenvalue weighted by Crippen LogP contribution is -2.43. The Bertz CT molecular complexity index is 802. The van der Waals surface area contributed by atoms with Crippen molar-refractivity contribution in [3.05, 3.63) is 52.0 Å². The minimum atomic E-state index is -0.416. The maximum absolute atomic E-state index is 12.1. The minimum Gasteiger partial charge on any atom is -0.497 e. The number of rotatable bonds is 4. The van der Waals surface area contributed by atoms with Crippen LogP contribution in [0.25, 0.3) is 0 Å². The van der Waals surface area contributed by atoms with E-state index < -0.39 is 5.91 Å². The fourth-order valence-electron chi connectivity index (χ4n) is 1.89. The van der Waals surface area contributed by atoms with Crippen molar-refractivity contribution in [2.75, 3.05) is 19.5 Å². The zero-order valence-corrected chi connectivity index (χ0v) is 15.7. The Morgan fingerprint density at radius 2 is 1.76 bits per heavy atom. The number of methoxy groups -OCH3 is 2. The second-order valence-corrected chi connectivity index (χ2v) is 5.95. The van der Waals surface area contributed by atoms with Crippen molar-refractivity contribution >= 4 is 52.1 Å². The zero-order valence-electron chi connectivity index (χ0n) is 13.4. The van der Waals surface area contributed by atoms with Gasteiger partial charge in [0.2, 0.25) is 0 Å². The predicted molar refractivity (Wildman–Crippen MR) is 103 cm³/mol. The summed E-state index contributed by atoms with van der Waals surface area (Å²) in [6.45, 7) is 0. The third-order valence-electron chi connectivity index (χ3n) is 3.13. The van der Waals surface area contributed by atoms with E-state index in [-0.39, 0.29) is 10.1 Å². The molecule has 2 aromatic carbocycles. The Kier molecular flexibility index (Phi) is 6.69. The van der Waals surface area contributed by atoms with Gasteiger partial charge in [-0.2, -0.15) is 0 Å². The summed E-state index contributed by atoms with van der Waals surface area (Å²) in [6, 6.07) is 9.75. The topological polar surface area (TPSA) is 71.6 Å². The van der Waals surface area contributed by atoms with Gasteiger partial charge >= 0.3 is 0 Å². The lowest BCUT2D eigenvalue weighted by Gasteiger charge is -2.15. The smallest absolute Gasteiger partial charge is 0.269 e. The van der Waals surface area contributed by atoms with E-state index >= 15 is 0 Å². The van der Waals surface area contributed by atoms with Crippen molar-refractivity contribution < 1.29 is 14.3 Å². The van der Waals surface area contributed by atoms with Crippen molar-refractivity contribution in [1.29, 1.82) is 0 Å². The number of halogens is 2. The quantitative estimate of drug-likeness (QED) is 0.538. The van der Waals surface area contributed by atoms with E-state index in [0.29, 0.717) is 27.8 Å². The number of hydrogen-bond donors (Lipinski definition) is 3. The molecule has 1 amide bonds. The van der Waals surface area contributed by atoms with Crippen LogP contribution in [0.4, 0.5) is 5.69 Å². The molecule has 25 heavy (non-hydrogen) atoms. The number of anilines is 1. The number of ether oxygens (including phenoxy) is 2. The second kappa shape index (κ2) is 8.75. The third-order valence-corrected chi connectivity index (χ3v) is 4.07. The molecule has 2 rings (SSSR count). The molecule has 9 heteroatoms. The van der Waals surface area contributed by atoms with Gasteiger partial charge in [-0.05, 0) is 42.5 Å². The largest absolute Gasteiger partial charge is 0.497 e. The van der Waals surface area contributed by atoms with E-state index in [2.05, 4.69) is 16.2 Å². The number of carbonyl (C=O) groups is 1. The highest BCUT2D eigenvalue weighted by molar-refractivity contribution is 7.80. The first-order valence-electron chi connectivity index (χ1n) is 6.99. The average Bonchev–Trinajstić information content (AvgIpc) is 2.61. The normalized spacial score (nSPS) is 9.92. The molecule has 2 aromatic rings. The standard InChI is InChI=1S/C16H15Cl2N3O3S/c1-23-10-4-6-14(24-2)13(8-10)19-16(25)21-20-15(22)9-3-5-11(17)12(18)7-9/h3-8H,1-2H3,(H,20,22)(H2,19,21,25). The SMILES string of the molecule is COc1ccc(OC)c(NC(=S)NNC(=O)c2ccc(Cl)c(Cl)c2)c1. The van der Waals surface area contributed by atoms with Crippen LogP contribution >= 0.6 is 35.4 Å². The van der Waals surface area contributed by atoms with Gasteiger partial charge in [0, 0.05) is 11.6 Å². The summed E-state index contributed by atoms with van der Waals surface area (Å²) >= 11 is 16.9. The molecule has 0 aliphatic heterocycles. The molecule has 3 N–H and O–H groups in total. The van der Waals surface area contributed by atoms with Crippen LogP contribution in [0.1, 0.15) is 10.4 Å². The van der Waals surface area contributed by atoms with E-state index in [1.54, 1.807) is 31.4 Å². The molecule has 0 unspecified atom stereocenters. The lowest BCUT2D eigenvalue weighted by molar-refractivity contribution is 0.0944. The number of hydrogen-bond acceptors (Lipinski definition) is 4. The Labute approximate surface area is 160 Å². The van der Waals surface area contributed by atoms with Crippen molar-refractivity contribution in [3.8, 4) is 11.5 Å². The van der Waals surface area contributed by atoms with Gasteiger partial charge in [0.15, 0.2) is 5.11 Å². The van der Waals surface area contributed by atoms with Gasteiger partial charge in [0.05, 0.1) is 30.0 Å². The van der Waals surface area contributed by atoms with Crippen LogP contribution in [0.15, 0.2) is 36.4 Å². The molecule has 0 atom stereocenters. The number of amides is 1. The number of carbonyl (C=O) groups excluding carboxylic acids is 1. The molecule has 0 radical (unpaired) electrons. The number of benzene rings is 2. The summed E-state index contributed by atoms with van der Waals surface area (Å²) in [7, 11) is 3.09. The highest BCUT2D eigenvalue weighted by atomic mass is 35.5. The van der Waals surface area contributed by atoms with Crippen LogP contribution in [0, 0.1) is 0 Å². The van der Waals surface area contributed by atoms with E-state index in [1.165, 1.54) is 19.2 Å². The van der Waals surface area contributed by atoms with E-state index in [0.717, 1.165) is 0 Å². The van der Waals surface area contributed by atoms with Gasteiger partial charge in [0.1, 0.15) is 11.5 Å². The van der Waals surface area contributed by atoms with E-state index in [9.17, 15) is 4.79 Å². The van der Waals surface area contributed by atoms with Crippen molar-refractivity contribution in [1.82, 2.24) is 10.9 Å². The van der Waals surface area contributed by atoms with Crippen molar-refractivity contribution in [2.24, 2.45) is 0 Å². The van der Waals surface area contributed by atoms with Crippen LogP contribution in [-0.2, 0) is 0 Å². The molecule has 0 spiro atoms. The number of nitrogens with one attached hydrogen (secondary N) is 3. The van der Waals surface area contributed by atoms with Gasteiger partial charge in [-0.1, -0.05) is 23.2 Å².